The molecule has 0 amide bonds. The third-order valence-electron chi connectivity index (χ3n) is 2.66. The molecule has 5 heteroatoms. The number of benzene rings is 1. The molecule has 0 unspecified atom stereocenters. The number of rotatable bonds is 1. The van der Waals surface area contributed by atoms with Gasteiger partial charge in [0.2, 0.25) is 0 Å². The second kappa shape index (κ2) is 4.10. The van der Waals surface area contributed by atoms with E-state index in [4.69, 9.17) is 0 Å². The van der Waals surface area contributed by atoms with E-state index in [2.05, 4.69) is 9.97 Å². The number of fused-ring (bicyclic) bond motifs is 1. The standard InChI is InChI=1S/C13H8F2N2S/c1-7-6-18-11-5-16-13(17-12(7)11)9-4-8(14)2-3-10(9)15/h2-6H,1H3. The fourth-order valence-corrected chi connectivity index (χ4v) is 2.59. The van der Waals surface area contributed by atoms with Crippen LogP contribution < -0.4 is 0 Å². The first kappa shape index (κ1) is 11.2. The molecule has 1 aromatic carbocycles. The van der Waals surface area contributed by atoms with Crippen LogP contribution in [0.15, 0.2) is 29.8 Å². The molecule has 0 radical (unpaired) electrons. The summed E-state index contributed by atoms with van der Waals surface area (Å²) in [5, 5.41) is 1.96. The molecule has 18 heavy (non-hydrogen) atoms. The maximum Gasteiger partial charge on any atom is 0.162 e. The van der Waals surface area contributed by atoms with E-state index in [0.717, 1.165) is 34.0 Å². The molecule has 0 aliphatic carbocycles. The normalized spacial score (nSPS) is 11.1. The van der Waals surface area contributed by atoms with Crippen molar-refractivity contribution in [1.82, 2.24) is 9.97 Å². The summed E-state index contributed by atoms with van der Waals surface area (Å²) in [5.41, 5.74) is 1.88. The van der Waals surface area contributed by atoms with E-state index >= 15 is 0 Å². The monoisotopic (exact) mass is 262 g/mol. The Kier molecular flexibility index (Phi) is 2.56. The van der Waals surface area contributed by atoms with E-state index in [1.807, 2.05) is 12.3 Å². The highest BCUT2D eigenvalue weighted by atomic mass is 32.1. The Morgan fingerprint density at radius 1 is 1.22 bits per heavy atom. The zero-order chi connectivity index (χ0) is 12.7. The van der Waals surface area contributed by atoms with Gasteiger partial charge in [-0.15, -0.1) is 11.3 Å². The Hall–Kier alpha value is -1.88. The van der Waals surface area contributed by atoms with Crippen LogP contribution >= 0.6 is 11.3 Å². The minimum absolute atomic E-state index is 0.0856. The Balaban J connectivity index is 2.24. The van der Waals surface area contributed by atoms with Crippen molar-refractivity contribution in [2.24, 2.45) is 0 Å². The summed E-state index contributed by atoms with van der Waals surface area (Å²) in [4.78, 5) is 8.38. The fraction of sp³-hybridized carbons (Fsp3) is 0.0769. The fourth-order valence-electron chi connectivity index (χ4n) is 1.75. The van der Waals surface area contributed by atoms with Gasteiger partial charge in [0, 0.05) is 6.20 Å². The topological polar surface area (TPSA) is 25.8 Å². The number of halogens is 2. The lowest BCUT2D eigenvalue weighted by Crippen LogP contribution is -1.93. The molecule has 0 aliphatic rings. The summed E-state index contributed by atoms with van der Waals surface area (Å²) in [5.74, 6) is -0.818. The van der Waals surface area contributed by atoms with Crippen molar-refractivity contribution in [2.75, 3.05) is 0 Å². The van der Waals surface area contributed by atoms with E-state index in [-0.39, 0.29) is 11.4 Å². The van der Waals surface area contributed by atoms with Gasteiger partial charge in [-0.2, -0.15) is 0 Å². The molecule has 0 spiro atoms. The summed E-state index contributed by atoms with van der Waals surface area (Å²) in [6, 6.07) is 3.27. The van der Waals surface area contributed by atoms with Crippen molar-refractivity contribution >= 4 is 21.6 Å². The molecule has 3 aromatic rings. The maximum absolute atomic E-state index is 13.6. The quantitative estimate of drug-likeness (QED) is 0.663. The maximum atomic E-state index is 13.6. The molecule has 2 aromatic heterocycles. The zero-order valence-electron chi connectivity index (χ0n) is 9.45. The van der Waals surface area contributed by atoms with Crippen LogP contribution in [0.3, 0.4) is 0 Å². The van der Waals surface area contributed by atoms with Gasteiger partial charge in [-0.1, -0.05) is 0 Å². The first-order chi connectivity index (χ1) is 8.65. The molecule has 0 saturated carbocycles. The number of aryl methyl sites for hydroxylation is 1. The summed E-state index contributed by atoms with van der Waals surface area (Å²) in [6.45, 7) is 1.93. The third-order valence-corrected chi connectivity index (χ3v) is 3.68. The molecule has 0 N–H and O–H groups in total. The Morgan fingerprint density at radius 3 is 2.89 bits per heavy atom. The second-order valence-electron chi connectivity index (χ2n) is 3.95. The van der Waals surface area contributed by atoms with Crippen molar-refractivity contribution in [2.45, 2.75) is 6.92 Å². The first-order valence-electron chi connectivity index (χ1n) is 5.31. The van der Waals surface area contributed by atoms with Gasteiger partial charge >= 0.3 is 0 Å². The lowest BCUT2D eigenvalue weighted by molar-refractivity contribution is 0.602. The molecular formula is C13H8F2N2S. The van der Waals surface area contributed by atoms with Crippen LogP contribution in [0.4, 0.5) is 8.78 Å². The molecule has 0 atom stereocenters. The highest BCUT2D eigenvalue weighted by Crippen LogP contribution is 2.26. The van der Waals surface area contributed by atoms with Crippen LogP contribution in [0.2, 0.25) is 0 Å². The van der Waals surface area contributed by atoms with Crippen molar-refractivity contribution in [3.63, 3.8) is 0 Å². The third kappa shape index (κ3) is 1.76. The molecule has 3 rings (SSSR count). The van der Waals surface area contributed by atoms with E-state index < -0.39 is 11.6 Å². The molecule has 0 fully saturated rings. The first-order valence-corrected chi connectivity index (χ1v) is 6.19. The van der Waals surface area contributed by atoms with Gasteiger partial charge in [0.25, 0.3) is 0 Å². The van der Waals surface area contributed by atoms with Gasteiger partial charge in [0.15, 0.2) is 5.82 Å². The lowest BCUT2D eigenvalue weighted by atomic mass is 10.2. The van der Waals surface area contributed by atoms with E-state index in [1.54, 1.807) is 6.20 Å². The smallest absolute Gasteiger partial charge is 0.162 e. The van der Waals surface area contributed by atoms with Gasteiger partial charge in [0.1, 0.15) is 11.6 Å². The summed E-state index contributed by atoms with van der Waals surface area (Å²) < 4.78 is 27.7. The molecule has 0 bridgehead atoms. The van der Waals surface area contributed by atoms with Gasteiger partial charge in [-0.3, -0.25) is 0 Å². The number of thiophene rings is 1. The van der Waals surface area contributed by atoms with Crippen LogP contribution in [0.1, 0.15) is 5.56 Å². The van der Waals surface area contributed by atoms with Gasteiger partial charge < -0.3 is 0 Å². The summed E-state index contributed by atoms with van der Waals surface area (Å²) in [6.07, 6.45) is 1.64. The average Bonchev–Trinajstić information content (AvgIpc) is 2.74. The minimum Gasteiger partial charge on any atom is -0.235 e. The highest BCUT2D eigenvalue weighted by Gasteiger charge is 2.11. The molecule has 0 aliphatic heterocycles. The van der Waals surface area contributed by atoms with Crippen molar-refractivity contribution < 1.29 is 8.78 Å². The van der Waals surface area contributed by atoms with Crippen LogP contribution in [0, 0.1) is 18.6 Å². The second-order valence-corrected chi connectivity index (χ2v) is 4.86. The zero-order valence-corrected chi connectivity index (χ0v) is 10.3. The van der Waals surface area contributed by atoms with Gasteiger partial charge in [-0.05, 0) is 36.1 Å². The number of nitrogens with zero attached hydrogens (tertiary/aromatic N) is 2. The van der Waals surface area contributed by atoms with Gasteiger partial charge in [0.05, 0.1) is 15.8 Å². The predicted octanol–water partition coefficient (Wildman–Crippen LogP) is 3.94. The van der Waals surface area contributed by atoms with Crippen molar-refractivity contribution in [3.05, 3.63) is 47.0 Å². The molecule has 0 saturated heterocycles. The van der Waals surface area contributed by atoms with Crippen LogP contribution in [0.25, 0.3) is 21.6 Å². The lowest BCUT2D eigenvalue weighted by Gasteiger charge is -2.02. The van der Waals surface area contributed by atoms with E-state index in [0.29, 0.717) is 0 Å². The van der Waals surface area contributed by atoms with E-state index in [9.17, 15) is 8.78 Å². The highest BCUT2D eigenvalue weighted by molar-refractivity contribution is 7.17. The summed E-state index contributed by atoms with van der Waals surface area (Å²) in [7, 11) is 0. The number of hydrogen-bond acceptors (Lipinski definition) is 3. The summed E-state index contributed by atoms with van der Waals surface area (Å²) >= 11 is 1.53. The number of hydrogen-bond donors (Lipinski definition) is 0. The Bertz CT molecular complexity index is 737. The molecule has 90 valence electrons. The minimum atomic E-state index is -0.524. The SMILES string of the molecule is Cc1csc2cnc(-c3cc(F)ccc3F)nc12. The van der Waals surface area contributed by atoms with Crippen LogP contribution in [-0.2, 0) is 0 Å². The Morgan fingerprint density at radius 2 is 2.06 bits per heavy atom. The van der Waals surface area contributed by atoms with E-state index in [1.165, 1.54) is 11.3 Å². The Labute approximate surface area is 106 Å². The van der Waals surface area contributed by atoms with Crippen molar-refractivity contribution in [3.8, 4) is 11.4 Å². The van der Waals surface area contributed by atoms with Crippen molar-refractivity contribution in [1.29, 1.82) is 0 Å². The molecular weight excluding hydrogens is 254 g/mol. The number of aromatic nitrogens is 2. The van der Waals surface area contributed by atoms with Gasteiger partial charge in [-0.25, -0.2) is 18.7 Å². The van der Waals surface area contributed by atoms with Crippen LogP contribution in [0.5, 0.6) is 0 Å². The largest absolute Gasteiger partial charge is 0.235 e. The molecule has 2 nitrogen and oxygen atoms in total. The predicted molar refractivity (Wildman–Crippen MR) is 67.5 cm³/mol. The molecule has 2 heterocycles. The average molecular weight is 262 g/mol. The van der Waals surface area contributed by atoms with Crippen LogP contribution in [-0.4, -0.2) is 9.97 Å².